The second-order valence-electron chi connectivity index (χ2n) is 8.07. The van der Waals surface area contributed by atoms with Gasteiger partial charge in [0, 0.05) is 12.0 Å². The summed E-state index contributed by atoms with van der Waals surface area (Å²) in [6, 6.07) is 8.42. The largest absolute Gasteiger partial charge is 0.497 e. The lowest BCUT2D eigenvalue weighted by molar-refractivity contribution is -0.119. The number of ether oxygens (including phenoxy) is 1. The Balaban J connectivity index is 1.39. The Kier molecular flexibility index (Phi) is 5.62. The molecule has 0 spiro atoms. The Morgan fingerprint density at radius 2 is 1.93 bits per heavy atom. The summed E-state index contributed by atoms with van der Waals surface area (Å²) in [6.45, 7) is 4.24. The second-order valence-corrected chi connectivity index (χ2v) is 9.01. The van der Waals surface area contributed by atoms with Crippen molar-refractivity contribution in [2.75, 3.05) is 12.9 Å². The standard InChI is InChI=1S/C21H28N4O2S/c1-13(2)19(14-6-10-17(27-3)11-7-14)22-18(26)12-28-21-24-23-20(15-4-5-15)25(21)16-8-9-16/h6-7,10-11,13,15-16,19H,4-5,8-9,12H2,1-3H3,(H,22,26). The van der Waals surface area contributed by atoms with Crippen molar-refractivity contribution >= 4 is 17.7 Å². The number of carbonyl (C=O) groups is 1. The lowest BCUT2D eigenvalue weighted by Crippen LogP contribution is -2.33. The monoisotopic (exact) mass is 400 g/mol. The molecule has 1 amide bonds. The summed E-state index contributed by atoms with van der Waals surface area (Å²) in [5.74, 6) is 3.20. The van der Waals surface area contributed by atoms with E-state index in [2.05, 4.69) is 33.9 Å². The number of amides is 1. The van der Waals surface area contributed by atoms with Crippen LogP contribution < -0.4 is 10.1 Å². The number of hydrogen-bond acceptors (Lipinski definition) is 5. The van der Waals surface area contributed by atoms with E-state index in [-0.39, 0.29) is 11.9 Å². The van der Waals surface area contributed by atoms with Crippen LogP contribution >= 0.6 is 11.8 Å². The third-order valence-electron chi connectivity index (χ3n) is 5.34. The molecule has 1 unspecified atom stereocenters. The SMILES string of the molecule is COc1ccc(C(NC(=O)CSc2nnc(C3CC3)n2C2CC2)C(C)C)cc1. The lowest BCUT2D eigenvalue weighted by Gasteiger charge is -2.23. The first kappa shape index (κ1) is 19.3. The normalized spacial score (nSPS) is 17.6. The van der Waals surface area contributed by atoms with Crippen LogP contribution in [0.3, 0.4) is 0 Å². The van der Waals surface area contributed by atoms with Crippen molar-refractivity contribution in [3.8, 4) is 5.75 Å². The molecule has 2 aliphatic rings. The fourth-order valence-electron chi connectivity index (χ4n) is 3.47. The van der Waals surface area contributed by atoms with E-state index in [0.717, 1.165) is 22.3 Å². The minimum atomic E-state index is -0.0256. The molecule has 1 aromatic heterocycles. The average molecular weight is 401 g/mol. The third-order valence-corrected chi connectivity index (χ3v) is 6.28. The van der Waals surface area contributed by atoms with Gasteiger partial charge in [-0.15, -0.1) is 10.2 Å². The number of nitrogens with one attached hydrogen (secondary N) is 1. The Labute approximate surface area is 170 Å². The van der Waals surface area contributed by atoms with Gasteiger partial charge in [0.15, 0.2) is 5.16 Å². The molecule has 2 aliphatic carbocycles. The van der Waals surface area contributed by atoms with Crippen LogP contribution in [0.15, 0.2) is 29.4 Å². The maximum atomic E-state index is 12.7. The molecular formula is C21H28N4O2S. The quantitative estimate of drug-likeness (QED) is 0.642. The van der Waals surface area contributed by atoms with Gasteiger partial charge < -0.3 is 14.6 Å². The van der Waals surface area contributed by atoms with Crippen molar-refractivity contribution in [1.82, 2.24) is 20.1 Å². The van der Waals surface area contributed by atoms with E-state index in [1.54, 1.807) is 7.11 Å². The van der Waals surface area contributed by atoms with E-state index >= 15 is 0 Å². The Morgan fingerprint density at radius 1 is 1.21 bits per heavy atom. The Morgan fingerprint density at radius 3 is 2.50 bits per heavy atom. The number of carbonyl (C=O) groups excluding carboxylic acids is 1. The van der Waals surface area contributed by atoms with Crippen LogP contribution in [-0.4, -0.2) is 33.5 Å². The molecule has 1 aromatic carbocycles. The van der Waals surface area contributed by atoms with Crippen LogP contribution in [0.2, 0.25) is 0 Å². The summed E-state index contributed by atoms with van der Waals surface area (Å²) in [5, 5.41) is 12.9. The van der Waals surface area contributed by atoms with Gasteiger partial charge in [0.1, 0.15) is 11.6 Å². The minimum Gasteiger partial charge on any atom is -0.497 e. The van der Waals surface area contributed by atoms with Gasteiger partial charge in [-0.1, -0.05) is 37.7 Å². The van der Waals surface area contributed by atoms with E-state index in [9.17, 15) is 4.79 Å². The molecule has 28 heavy (non-hydrogen) atoms. The first-order valence-corrected chi connectivity index (χ1v) is 11.1. The molecule has 0 saturated heterocycles. The van der Waals surface area contributed by atoms with E-state index in [1.807, 2.05) is 24.3 Å². The number of rotatable bonds is 9. The van der Waals surface area contributed by atoms with Crippen molar-refractivity contribution in [2.45, 2.75) is 62.7 Å². The van der Waals surface area contributed by atoms with Crippen LogP contribution in [0, 0.1) is 5.92 Å². The molecule has 7 heteroatoms. The van der Waals surface area contributed by atoms with Gasteiger partial charge in [-0.05, 0) is 49.3 Å². The molecule has 2 fully saturated rings. The second kappa shape index (κ2) is 8.15. The molecule has 1 heterocycles. The van der Waals surface area contributed by atoms with E-state index < -0.39 is 0 Å². The highest BCUT2D eigenvalue weighted by Gasteiger charge is 2.36. The molecule has 0 radical (unpaired) electrons. The zero-order valence-corrected chi connectivity index (χ0v) is 17.5. The maximum Gasteiger partial charge on any atom is 0.230 e. The van der Waals surface area contributed by atoms with Gasteiger partial charge in [0.25, 0.3) is 0 Å². The molecule has 2 saturated carbocycles. The number of benzene rings is 1. The van der Waals surface area contributed by atoms with Crippen LogP contribution in [0.4, 0.5) is 0 Å². The van der Waals surface area contributed by atoms with Gasteiger partial charge in [-0.25, -0.2) is 0 Å². The summed E-state index contributed by atoms with van der Waals surface area (Å²) in [6.07, 6.45) is 4.83. The predicted molar refractivity (Wildman–Crippen MR) is 110 cm³/mol. The summed E-state index contributed by atoms with van der Waals surface area (Å²) in [5.41, 5.74) is 1.09. The number of aromatic nitrogens is 3. The zero-order valence-electron chi connectivity index (χ0n) is 16.7. The molecule has 4 rings (SSSR count). The summed E-state index contributed by atoms with van der Waals surface area (Å²) in [7, 11) is 1.66. The topological polar surface area (TPSA) is 69.0 Å². The van der Waals surface area contributed by atoms with E-state index in [1.165, 1.54) is 37.4 Å². The highest BCUT2D eigenvalue weighted by molar-refractivity contribution is 7.99. The van der Waals surface area contributed by atoms with Gasteiger partial charge in [0.05, 0.1) is 18.9 Å². The molecular weight excluding hydrogens is 372 g/mol. The van der Waals surface area contributed by atoms with Crippen molar-refractivity contribution in [1.29, 1.82) is 0 Å². The van der Waals surface area contributed by atoms with Crippen molar-refractivity contribution in [2.24, 2.45) is 5.92 Å². The fraction of sp³-hybridized carbons (Fsp3) is 0.571. The molecule has 150 valence electrons. The van der Waals surface area contributed by atoms with Crippen molar-refractivity contribution in [3.63, 3.8) is 0 Å². The molecule has 2 aromatic rings. The van der Waals surface area contributed by atoms with Crippen LogP contribution in [0.1, 0.15) is 68.9 Å². The van der Waals surface area contributed by atoms with Gasteiger partial charge >= 0.3 is 0 Å². The van der Waals surface area contributed by atoms with Gasteiger partial charge in [-0.2, -0.15) is 0 Å². The molecule has 0 aliphatic heterocycles. The predicted octanol–water partition coefficient (Wildman–Crippen LogP) is 4.10. The number of thioether (sulfide) groups is 1. The molecule has 6 nitrogen and oxygen atoms in total. The van der Waals surface area contributed by atoms with Crippen LogP contribution in [0.5, 0.6) is 5.75 Å². The first-order chi connectivity index (χ1) is 13.6. The van der Waals surface area contributed by atoms with Crippen LogP contribution in [-0.2, 0) is 4.79 Å². The lowest BCUT2D eigenvalue weighted by atomic mass is 9.96. The smallest absolute Gasteiger partial charge is 0.230 e. The van der Waals surface area contributed by atoms with E-state index in [0.29, 0.717) is 23.6 Å². The summed E-state index contributed by atoms with van der Waals surface area (Å²) in [4.78, 5) is 12.7. The molecule has 0 bridgehead atoms. The highest BCUT2D eigenvalue weighted by atomic mass is 32.2. The summed E-state index contributed by atoms with van der Waals surface area (Å²) < 4.78 is 7.52. The first-order valence-electron chi connectivity index (χ1n) is 10.1. The third kappa shape index (κ3) is 4.35. The van der Waals surface area contributed by atoms with Crippen molar-refractivity contribution in [3.05, 3.63) is 35.7 Å². The molecule has 1 atom stereocenters. The Hall–Kier alpha value is -2.02. The maximum absolute atomic E-state index is 12.7. The fourth-order valence-corrected chi connectivity index (χ4v) is 4.30. The molecule has 1 N–H and O–H groups in total. The zero-order chi connectivity index (χ0) is 19.7. The minimum absolute atomic E-state index is 0.0256. The van der Waals surface area contributed by atoms with Crippen molar-refractivity contribution < 1.29 is 9.53 Å². The average Bonchev–Trinajstić information content (AvgIpc) is 3.63. The number of methoxy groups -OCH3 is 1. The van der Waals surface area contributed by atoms with Crippen LogP contribution in [0.25, 0.3) is 0 Å². The number of nitrogens with zero attached hydrogens (tertiary/aromatic N) is 3. The van der Waals surface area contributed by atoms with Gasteiger partial charge in [-0.3, -0.25) is 4.79 Å². The summed E-state index contributed by atoms with van der Waals surface area (Å²) >= 11 is 1.50. The van der Waals surface area contributed by atoms with E-state index in [4.69, 9.17) is 4.74 Å². The van der Waals surface area contributed by atoms with Gasteiger partial charge in [0.2, 0.25) is 5.91 Å². The Bertz CT molecular complexity index is 825. The number of hydrogen-bond donors (Lipinski definition) is 1. The highest BCUT2D eigenvalue weighted by Crippen LogP contribution is 2.46.